The number of aromatic nitrogens is 1. The minimum atomic E-state index is -0.820. The second kappa shape index (κ2) is 5.42. The lowest BCUT2D eigenvalue weighted by Gasteiger charge is -2.20. The Morgan fingerprint density at radius 3 is 2.48 bits per heavy atom. The van der Waals surface area contributed by atoms with Gasteiger partial charge in [0.05, 0.1) is 25.0 Å². The number of ether oxygens (including phenoxy) is 1. The average molecular weight is 341 g/mol. The van der Waals surface area contributed by atoms with Crippen molar-refractivity contribution in [3.8, 4) is 0 Å². The van der Waals surface area contributed by atoms with Crippen LogP contribution in [0.1, 0.15) is 11.7 Å². The van der Waals surface area contributed by atoms with E-state index in [0.29, 0.717) is 0 Å². The second-order valence-corrected chi connectivity index (χ2v) is 6.62. The molecule has 0 radical (unpaired) electrons. The molecular formula is C18H19N3O4. The molecule has 7 nitrogen and oxygen atoms in total. The third-order valence-corrected chi connectivity index (χ3v) is 5.46. The summed E-state index contributed by atoms with van der Waals surface area (Å²) >= 11 is 0. The third kappa shape index (κ3) is 2.05. The molecule has 4 rings (SSSR count). The van der Waals surface area contributed by atoms with Crippen molar-refractivity contribution >= 4 is 28.7 Å². The van der Waals surface area contributed by atoms with Crippen LogP contribution in [0.5, 0.6) is 0 Å². The van der Waals surface area contributed by atoms with Crippen LogP contribution in [0.25, 0.3) is 10.9 Å². The first kappa shape index (κ1) is 15.8. The summed E-state index contributed by atoms with van der Waals surface area (Å²) in [6.45, 7) is 0. The molecule has 0 aliphatic carbocycles. The summed E-state index contributed by atoms with van der Waals surface area (Å²) in [5.41, 5.74) is 1.90. The number of likely N-dealkylation sites (tertiary alicyclic amines) is 1. The molecule has 0 spiro atoms. The van der Waals surface area contributed by atoms with Gasteiger partial charge in [-0.1, -0.05) is 18.2 Å². The summed E-state index contributed by atoms with van der Waals surface area (Å²) in [4.78, 5) is 38.5. The summed E-state index contributed by atoms with van der Waals surface area (Å²) < 4.78 is 6.84. The molecule has 2 aliphatic heterocycles. The molecule has 2 fully saturated rings. The molecule has 4 atom stereocenters. The van der Waals surface area contributed by atoms with E-state index in [-0.39, 0.29) is 11.8 Å². The number of imide groups is 1. The first-order valence-corrected chi connectivity index (χ1v) is 8.15. The Morgan fingerprint density at radius 2 is 1.80 bits per heavy atom. The molecule has 7 heteroatoms. The predicted octanol–water partition coefficient (Wildman–Crippen LogP) is 0.595. The standard InChI is InChI=1S/C18H19N3O4/c1-20-10-7-5-4-6-9(10)8-11(20)14-12-13(15(19-14)18(24)25-3)17(23)21(2)16(12)22/h4-8,12-15,19H,1-3H3. The first-order chi connectivity index (χ1) is 12.0. The van der Waals surface area contributed by atoms with Gasteiger partial charge in [-0.3, -0.25) is 24.6 Å². The highest BCUT2D eigenvalue weighted by Gasteiger charge is 2.60. The molecule has 2 aliphatic rings. The molecular weight excluding hydrogens is 322 g/mol. The van der Waals surface area contributed by atoms with Crippen molar-refractivity contribution in [1.29, 1.82) is 0 Å². The van der Waals surface area contributed by atoms with E-state index in [0.717, 1.165) is 21.5 Å². The van der Waals surface area contributed by atoms with Gasteiger partial charge in [0.15, 0.2) is 0 Å². The smallest absolute Gasteiger partial charge is 0.323 e. The van der Waals surface area contributed by atoms with Gasteiger partial charge in [-0.2, -0.15) is 0 Å². The average Bonchev–Trinajstić information content (AvgIpc) is 3.23. The zero-order valence-electron chi connectivity index (χ0n) is 14.2. The van der Waals surface area contributed by atoms with E-state index < -0.39 is 29.9 Å². The van der Waals surface area contributed by atoms with Crippen molar-refractivity contribution in [2.24, 2.45) is 18.9 Å². The highest BCUT2D eigenvalue weighted by Crippen LogP contribution is 2.44. The summed E-state index contributed by atoms with van der Waals surface area (Å²) in [5.74, 6) is -2.45. The normalized spacial score (nSPS) is 28.7. The molecule has 2 saturated heterocycles. The number of amides is 2. The number of carbonyl (C=O) groups is 3. The number of para-hydroxylation sites is 1. The highest BCUT2D eigenvalue weighted by molar-refractivity contribution is 6.08. The van der Waals surface area contributed by atoms with Gasteiger partial charge in [0, 0.05) is 25.3 Å². The maximum atomic E-state index is 12.7. The lowest BCUT2D eigenvalue weighted by Crippen LogP contribution is -2.42. The number of benzene rings is 1. The largest absolute Gasteiger partial charge is 0.468 e. The zero-order valence-corrected chi connectivity index (χ0v) is 14.2. The van der Waals surface area contributed by atoms with Crippen LogP contribution in [0, 0.1) is 11.8 Å². The summed E-state index contributed by atoms with van der Waals surface area (Å²) in [6.07, 6.45) is 0. The Balaban J connectivity index is 1.83. The van der Waals surface area contributed by atoms with E-state index in [2.05, 4.69) is 5.32 Å². The monoisotopic (exact) mass is 341 g/mol. The van der Waals surface area contributed by atoms with Gasteiger partial charge in [-0.15, -0.1) is 0 Å². The van der Waals surface area contributed by atoms with Crippen molar-refractivity contribution in [3.05, 3.63) is 36.0 Å². The van der Waals surface area contributed by atoms with E-state index in [1.165, 1.54) is 14.2 Å². The number of fused-ring (bicyclic) bond motifs is 2. The highest BCUT2D eigenvalue weighted by atomic mass is 16.5. The van der Waals surface area contributed by atoms with E-state index in [1.807, 2.05) is 41.9 Å². The molecule has 1 aromatic carbocycles. The van der Waals surface area contributed by atoms with Crippen molar-refractivity contribution < 1.29 is 19.1 Å². The Hall–Kier alpha value is -2.67. The number of rotatable bonds is 2. The van der Waals surface area contributed by atoms with E-state index in [4.69, 9.17) is 4.74 Å². The molecule has 3 heterocycles. The number of carbonyl (C=O) groups excluding carboxylic acids is 3. The molecule has 130 valence electrons. The van der Waals surface area contributed by atoms with Crippen LogP contribution in [0.15, 0.2) is 30.3 Å². The molecule has 2 amide bonds. The Kier molecular flexibility index (Phi) is 3.43. The fourth-order valence-electron chi connectivity index (χ4n) is 4.18. The fourth-order valence-corrected chi connectivity index (χ4v) is 4.18. The SMILES string of the molecule is COC(=O)C1NC(c2cc3ccccc3n2C)C2C(=O)N(C)C(=O)C12. The van der Waals surface area contributed by atoms with Crippen LogP contribution in [0.4, 0.5) is 0 Å². The molecule has 0 bridgehead atoms. The Bertz CT molecular complexity index is 903. The minimum Gasteiger partial charge on any atom is -0.468 e. The lowest BCUT2D eigenvalue weighted by atomic mass is 9.88. The lowest BCUT2D eigenvalue weighted by molar-refractivity contribution is -0.147. The molecule has 25 heavy (non-hydrogen) atoms. The van der Waals surface area contributed by atoms with Gasteiger partial charge < -0.3 is 9.30 Å². The maximum Gasteiger partial charge on any atom is 0.323 e. The van der Waals surface area contributed by atoms with Gasteiger partial charge >= 0.3 is 5.97 Å². The minimum absolute atomic E-state index is 0.260. The van der Waals surface area contributed by atoms with Crippen molar-refractivity contribution in [1.82, 2.24) is 14.8 Å². The number of nitrogens with one attached hydrogen (secondary N) is 1. The van der Waals surface area contributed by atoms with Crippen molar-refractivity contribution in [3.63, 3.8) is 0 Å². The van der Waals surface area contributed by atoms with Crippen LogP contribution < -0.4 is 5.32 Å². The Morgan fingerprint density at radius 1 is 1.12 bits per heavy atom. The predicted molar refractivity (Wildman–Crippen MR) is 89.4 cm³/mol. The van der Waals surface area contributed by atoms with Crippen LogP contribution in [0.3, 0.4) is 0 Å². The summed E-state index contributed by atoms with van der Waals surface area (Å²) in [7, 11) is 4.68. The van der Waals surface area contributed by atoms with E-state index in [9.17, 15) is 14.4 Å². The number of nitrogens with zero attached hydrogens (tertiary/aromatic N) is 2. The van der Waals surface area contributed by atoms with Gasteiger partial charge in [0.25, 0.3) is 0 Å². The molecule has 1 N–H and O–H groups in total. The van der Waals surface area contributed by atoms with E-state index in [1.54, 1.807) is 0 Å². The fraction of sp³-hybridized carbons (Fsp3) is 0.389. The Labute approximate surface area is 144 Å². The summed E-state index contributed by atoms with van der Waals surface area (Å²) in [5, 5.41) is 4.23. The van der Waals surface area contributed by atoms with Gasteiger partial charge in [0.2, 0.25) is 11.8 Å². The van der Waals surface area contributed by atoms with Gasteiger partial charge in [0.1, 0.15) is 6.04 Å². The van der Waals surface area contributed by atoms with Crippen LogP contribution in [-0.2, 0) is 26.2 Å². The number of esters is 1. The second-order valence-electron chi connectivity index (χ2n) is 6.62. The van der Waals surface area contributed by atoms with Gasteiger partial charge in [-0.25, -0.2) is 0 Å². The van der Waals surface area contributed by atoms with Gasteiger partial charge in [-0.05, 0) is 17.5 Å². The molecule has 2 aromatic rings. The van der Waals surface area contributed by atoms with Crippen molar-refractivity contribution in [2.45, 2.75) is 12.1 Å². The summed E-state index contributed by atoms with van der Waals surface area (Å²) in [6, 6.07) is 8.65. The van der Waals surface area contributed by atoms with Crippen LogP contribution in [-0.4, -0.2) is 47.4 Å². The molecule has 0 saturated carbocycles. The quantitative estimate of drug-likeness (QED) is 0.639. The molecule has 4 unspecified atom stereocenters. The van der Waals surface area contributed by atoms with Crippen LogP contribution in [0.2, 0.25) is 0 Å². The topological polar surface area (TPSA) is 80.6 Å². The first-order valence-electron chi connectivity index (χ1n) is 8.15. The third-order valence-electron chi connectivity index (χ3n) is 5.46. The zero-order chi connectivity index (χ0) is 17.9. The number of methoxy groups -OCH3 is 1. The number of aryl methyl sites for hydroxylation is 1. The number of hydrogen-bond acceptors (Lipinski definition) is 5. The van der Waals surface area contributed by atoms with E-state index >= 15 is 0 Å². The van der Waals surface area contributed by atoms with Crippen molar-refractivity contribution in [2.75, 3.05) is 14.2 Å². The number of hydrogen-bond donors (Lipinski definition) is 1. The van der Waals surface area contributed by atoms with Crippen LogP contribution >= 0.6 is 0 Å². The maximum absolute atomic E-state index is 12.7. The molecule has 1 aromatic heterocycles.